The van der Waals surface area contributed by atoms with E-state index in [0.29, 0.717) is 11.0 Å². The summed E-state index contributed by atoms with van der Waals surface area (Å²) in [5.74, 6) is 1.39. The number of anilines is 2. The summed E-state index contributed by atoms with van der Waals surface area (Å²) < 4.78 is 0. The summed E-state index contributed by atoms with van der Waals surface area (Å²) >= 11 is 5.96. The quantitative estimate of drug-likeness (QED) is 0.648. The lowest BCUT2D eigenvalue weighted by Crippen LogP contribution is -2.40. The van der Waals surface area contributed by atoms with Crippen LogP contribution in [0.2, 0.25) is 5.02 Å². The van der Waals surface area contributed by atoms with Crippen LogP contribution in [0.5, 0.6) is 5.75 Å². The maximum Gasteiger partial charge on any atom is 0.255 e. The number of rotatable bonds is 5. The second-order valence-electron chi connectivity index (χ2n) is 8.73. The minimum atomic E-state index is -0.287. The van der Waals surface area contributed by atoms with E-state index in [9.17, 15) is 9.90 Å². The normalized spacial score (nSPS) is 20.6. The van der Waals surface area contributed by atoms with E-state index >= 15 is 0 Å². The molecule has 0 saturated heterocycles. The molecule has 0 bridgehead atoms. The first kappa shape index (κ1) is 21.7. The number of hydrogen-bond acceptors (Lipinski definition) is 6. The molecule has 1 fully saturated rings. The van der Waals surface area contributed by atoms with Crippen LogP contribution < -0.4 is 15.5 Å². The fraction of sp³-hybridized carbons (Fsp3) is 0.522. The molecule has 166 valence electrons. The summed E-state index contributed by atoms with van der Waals surface area (Å²) in [5.41, 5.74) is 2.68. The minimum absolute atomic E-state index is 0.0569. The Balaban J connectivity index is 1.36. The van der Waals surface area contributed by atoms with E-state index in [0.717, 1.165) is 44.3 Å². The molecule has 2 aromatic rings. The van der Waals surface area contributed by atoms with E-state index in [1.54, 1.807) is 6.07 Å². The molecule has 0 atom stereocenters. The van der Waals surface area contributed by atoms with Crippen LogP contribution in [0.1, 0.15) is 60.1 Å². The minimum Gasteiger partial charge on any atom is -0.507 e. The summed E-state index contributed by atoms with van der Waals surface area (Å²) in [4.78, 5) is 24.2. The number of fused-ring (bicyclic) bond motifs is 1. The van der Waals surface area contributed by atoms with Crippen molar-refractivity contribution in [2.75, 3.05) is 24.3 Å². The number of hydrogen-bond donors (Lipinski definition) is 3. The number of halogens is 1. The zero-order valence-electron chi connectivity index (χ0n) is 18.1. The van der Waals surface area contributed by atoms with Crippen molar-refractivity contribution in [3.63, 3.8) is 0 Å². The van der Waals surface area contributed by atoms with Gasteiger partial charge in [0.1, 0.15) is 11.6 Å². The van der Waals surface area contributed by atoms with Gasteiger partial charge >= 0.3 is 0 Å². The fourth-order valence-corrected chi connectivity index (χ4v) is 4.70. The first-order chi connectivity index (χ1) is 14.9. The first-order valence-corrected chi connectivity index (χ1v) is 11.4. The second kappa shape index (κ2) is 9.30. The maximum absolute atomic E-state index is 12.5. The molecule has 2 aliphatic carbocycles. The average Bonchev–Trinajstić information content (AvgIpc) is 2.76. The monoisotopic (exact) mass is 443 g/mol. The van der Waals surface area contributed by atoms with Gasteiger partial charge in [-0.1, -0.05) is 11.6 Å². The smallest absolute Gasteiger partial charge is 0.255 e. The molecule has 4 rings (SSSR count). The third-order valence-corrected chi connectivity index (χ3v) is 6.42. The van der Waals surface area contributed by atoms with Crippen LogP contribution in [-0.4, -0.2) is 47.2 Å². The third-order valence-electron chi connectivity index (χ3n) is 6.18. The van der Waals surface area contributed by atoms with Gasteiger partial charge in [-0.15, -0.1) is 0 Å². The Labute approximate surface area is 188 Å². The van der Waals surface area contributed by atoms with Crippen molar-refractivity contribution >= 4 is 29.3 Å². The molecule has 1 aromatic carbocycles. The van der Waals surface area contributed by atoms with Gasteiger partial charge in [0.05, 0.1) is 11.3 Å². The molecule has 0 unspecified atom stereocenters. The van der Waals surface area contributed by atoms with E-state index in [4.69, 9.17) is 21.6 Å². The lowest BCUT2D eigenvalue weighted by molar-refractivity contribution is 0.0924. The molecule has 0 radical (unpaired) electrons. The number of aryl methyl sites for hydroxylation is 1. The molecule has 1 saturated carbocycles. The van der Waals surface area contributed by atoms with Gasteiger partial charge in [0.2, 0.25) is 5.95 Å². The topological polar surface area (TPSA) is 90.4 Å². The van der Waals surface area contributed by atoms with E-state index in [-0.39, 0.29) is 29.3 Å². The number of carbonyl (C=O) groups is 1. The van der Waals surface area contributed by atoms with Crippen LogP contribution in [-0.2, 0) is 12.8 Å². The third kappa shape index (κ3) is 5.03. The summed E-state index contributed by atoms with van der Waals surface area (Å²) in [6.07, 6.45) is 8.01. The molecule has 0 aliphatic heterocycles. The molecule has 0 spiro atoms. The number of phenols is 1. The molecule has 1 heterocycles. The summed E-state index contributed by atoms with van der Waals surface area (Å²) in [6.45, 7) is 0. The largest absolute Gasteiger partial charge is 0.507 e. The fourth-order valence-electron chi connectivity index (χ4n) is 4.53. The van der Waals surface area contributed by atoms with Gasteiger partial charge in [-0.2, -0.15) is 4.98 Å². The number of phenolic OH excluding ortho intramolecular Hbond substituents is 1. The van der Waals surface area contributed by atoms with Crippen molar-refractivity contribution in [1.29, 1.82) is 0 Å². The van der Waals surface area contributed by atoms with Crippen molar-refractivity contribution in [2.45, 2.75) is 63.5 Å². The molecular weight excluding hydrogens is 414 g/mol. The van der Waals surface area contributed by atoms with E-state index in [1.807, 2.05) is 14.1 Å². The maximum atomic E-state index is 12.5. The number of aromatic nitrogens is 2. The van der Waals surface area contributed by atoms with Crippen LogP contribution in [0.4, 0.5) is 11.8 Å². The predicted octanol–water partition coefficient (Wildman–Crippen LogP) is 3.93. The SMILES string of the molecule is CN(C)c1nc(N[C@H]2CC[C@@H](NC(=O)c3cc(Cl)ccc3O)CC2)nc2c1CCCC2. The average molecular weight is 444 g/mol. The lowest BCUT2D eigenvalue weighted by atomic mass is 9.91. The molecule has 1 aromatic heterocycles. The highest BCUT2D eigenvalue weighted by Crippen LogP contribution is 2.29. The van der Waals surface area contributed by atoms with Crippen molar-refractivity contribution in [3.8, 4) is 5.75 Å². The van der Waals surface area contributed by atoms with Crippen LogP contribution in [0.3, 0.4) is 0 Å². The highest BCUT2D eigenvalue weighted by molar-refractivity contribution is 6.31. The lowest BCUT2D eigenvalue weighted by Gasteiger charge is -2.30. The van der Waals surface area contributed by atoms with Crippen molar-refractivity contribution in [3.05, 3.63) is 40.0 Å². The Morgan fingerprint density at radius 1 is 1.10 bits per heavy atom. The molecule has 3 N–H and O–H groups in total. The van der Waals surface area contributed by atoms with Crippen LogP contribution in [0.25, 0.3) is 0 Å². The zero-order valence-corrected chi connectivity index (χ0v) is 18.9. The van der Waals surface area contributed by atoms with Gasteiger partial charge in [-0.05, 0) is 69.6 Å². The van der Waals surface area contributed by atoms with Gasteiger partial charge in [0.25, 0.3) is 5.91 Å². The standard InChI is InChI=1S/C23H30ClN5O2/c1-29(2)21-17-5-3-4-6-19(17)27-23(28-21)26-16-10-8-15(9-11-16)25-22(31)18-13-14(24)7-12-20(18)30/h7,12-13,15-16,30H,3-6,8-11H2,1-2H3,(H,25,31)(H,26,27,28)/t15-,16+. The van der Waals surface area contributed by atoms with E-state index in [2.05, 4.69) is 15.5 Å². The second-order valence-corrected chi connectivity index (χ2v) is 9.16. The molecule has 2 aliphatic rings. The summed E-state index contributed by atoms with van der Waals surface area (Å²) in [7, 11) is 4.07. The van der Waals surface area contributed by atoms with Crippen LogP contribution in [0.15, 0.2) is 18.2 Å². The molecule has 8 heteroatoms. The van der Waals surface area contributed by atoms with Gasteiger partial charge in [0, 0.05) is 36.8 Å². The summed E-state index contributed by atoms with van der Waals surface area (Å²) in [5, 5.41) is 16.9. The molecule has 1 amide bonds. The van der Waals surface area contributed by atoms with Crippen molar-refractivity contribution in [1.82, 2.24) is 15.3 Å². The number of carbonyl (C=O) groups excluding carboxylic acids is 1. The molecular formula is C23H30ClN5O2. The van der Waals surface area contributed by atoms with E-state index < -0.39 is 0 Å². The van der Waals surface area contributed by atoms with Crippen molar-refractivity contribution in [2.24, 2.45) is 0 Å². The van der Waals surface area contributed by atoms with Gasteiger partial charge in [0.15, 0.2) is 0 Å². The van der Waals surface area contributed by atoms with Crippen LogP contribution in [0, 0.1) is 0 Å². The Bertz CT molecular complexity index is 957. The van der Waals surface area contributed by atoms with Crippen molar-refractivity contribution < 1.29 is 9.90 Å². The number of nitrogens with zero attached hydrogens (tertiary/aromatic N) is 3. The Hall–Kier alpha value is -2.54. The number of nitrogens with one attached hydrogen (secondary N) is 2. The number of amides is 1. The first-order valence-electron chi connectivity index (χ1n) is 11.0. The van der Waals surface area contributed by atoms with Gasteiger partial charge in [-0.3, -0.25) is 4.79 Å². The molecule has 31 heavy (non-hydrogen) atoms. The van der Waals surface area contributed by atoms with Gasteiger partial charge in [-0.25, -0.2) is 4.98 Å². The van der Waals surface area contributed by atoms with Crippen LogP contribution >= 0.6 is 11.6 Å². The highest BCUT2D eigenvalue weighted by Gasteiger charge is 2.25. The Morgan fingerprint density at radius 2 is 1.81 bits per heavy atom. The van der Waals surface area contributed by atoms with Gasteiger partial charge < -0.3 is 20.6 Å². The predicted molar refractivity (Wildman–Crippen MR) is 123 cm³/mol. The zero-order chi connectivity index (χ0) is 22.0. The Kier molecular flexibility index (Phi) is 6.51. The highest BCUT2D eigenvalue weighted by atomic mass is 35.5. The Morgan fingerprint density at radius 3 is 2.55 bits per heavy atom. The number of benzene rings is 1. The van der Waals surface area contributed by atoms with E-state index in [1.165, 1.54) is 36.2 Å². The molecule has 7 nitrogen and oxygen atoms in total. The summed E-state index contributed by atoms with van der Waals surface area (Å²) in [6, 6.07) is 4.86. The number of aromatic hydroxyl groups is 1.